The highest BCUT2D eigenvalue weighted by molar-refractivity contribution is 9.10. The van der Waals surface area contributed by atoms with E-state index in [1.165, 1.54) is 6.07 Å². The van der Waals surface area contributed by atoms with Gasteiger partial charge >= 0.3 is 6.09 Å². The first-order valence-corrected chi connectivity index (χ1v) is 8.91. The van der Waals surface area contributed by atoms with Gasteiger partial charge in [-0.05, 0) is 41.4 Å². The molecular formula is C16H21BrClFN2O2. The molecule has 7 heteroatoms. The van der Waals surface area contributed by atoms with E-state index in [-0.39, 0.29) is 24.0 Å². The van der Waals surface area contributed by atoms with Crippen LogP contribution in [0.2, 0.25) is 5.02 Å². The number of ether oxygens (including phenoxy) is 1. The van der Waals surface area contributed by atoms with E-state index in [1.807, 2.05) is 13.8 Å². The Morgan fingerprint density at radius 2 is 2.26 bits per heavy atom. The molecule has 1 saturated heterocycles. The summed E-state index contributed by atoms with van der Waals surface area (Å²) in [7, 11) is 0. The Morgan fingerprint density at radius 1 is 1.52 bits per heavy atom. The number of hydrogen-bond donors (Lipinski definition) is 1. The lowest BCUT2D eigenvalue weighted by Gasteiger charge is -2.37. The van der Waals surface area contributed by atoms with Gasteiger partial charge in [-0.2, -0.15) is 0 Å². The van der Waals surface area contributed by atoms with E-state index in [1.54, 1.807) is 11.0 Å². The van der Waals surface area contributed by atoms with Gasteiger partial charge in [0.1, 0.15) is 5.82 Å². The molecule has 0 radical (unpaired) electrons. The summed E-state index contributed by atoms with van der Waals surface area (Å²) >= 11 is 9.20. The van der Waals surface area contributed by atoms with E-state index in [4.69, 9.17) is 16.3 Å². The Morgan fingerprint density at radius 3 is 2.96 bits per heavy atom. The zero-order valence-electron chi connectivity index (χ0n) is 13.2. The lowest BCUT2D eigenvalue weighted by Crippen LogP contribution is -2.53. The molecule has 2 atom stereocenters. The molecule has 2 unspecified atom stereocenters. The van der Waals surface area contributed by atoms with Gasteiger partial charge in [-0.1, -0.05) is 24.9 Å². The zero-order chi connectivity index (χ0) is 17.0. The molecule has 128 valence electrons. The molecule has 1 amide bonds. The van der Waals surface area contributed by atoms with Crippen LogP contribution in [-0.2, 0) is 4.74 Å². The first-order chi connectivity index (χ1) is 10.9. The van der Waals surface area contributed by atoms with Gasteiger partial charge < -0.3 is 15.0 Å². The van der Waals surface area contributed by atoms with Crippen LogP contribution in [0.4, 0.5) is 9.18 Å². The van der Waals surface area contributed by atoms with Gasteiger partial charge in [0.15, 0.2) is 0 Å². The number of amides is 1. The summed E-state index contributed by atoms with van der Waals surface area (Å²) < 4.78 is 20.0. The molecule has 23 heavy (non-hydrogen) atoms. The van der Waals surface area contributed by atoms with Crippen LogP contribution in [0.1, 0.15) is 38.3 Å². The summed E-state index contributed by atoms with van der Waals surface area (Å²) in [6.45, 7) is 5.28. The number of carbonyl (C=O) groups is 1. The summed E-state index contributed by atoms with van der Waals surface area (Å²) in [6, 6.07) is 2.82. The Labute approximate surface area is 149 Å². The van der Waals surface area contributed by atoms with Crippen molar-refractivity contribution in [3.63, 3.8) is 0 Å². The quantitative estimate of drug-likeness (QED) is 0.589. The molecule has 0 saturated carbocycles. The monoisotopic (exact) mass is 406 g/mol. The van der Waals surface area contributed by atoms with Crippen molar-refractivity contribution in [1.29, 1.82) is 0 Å². The number of nitrogens with one attached hydrogen (secondary N) is 1. The molecule has 1 aromatic carbocycles. The molecule has 1 fully saturated rings. The van der Waals surface area contributed by atoms with Crippen molar-refractivity contribution in [3.8, 4) is 0 Å². The predicted octanol–water partition coefficient (Wildman–Crippen LogP) is 4.51. The average molecular weight is 408 g/mol. The minimum atomic E-state index is -0.361. The summed E-state index contributed by atoms with van der Waals surface area (Å²) in [5.74, 6) is -0.361. The average Bonchev–Trinajstić information content (AvgIpc) is 2.50. The summed E-state index contributed by atoms with van der Waals surface area (Å²) in [4.78, 5) is 13.8. The fourth-order valence-electron chi connectivity index (χ4n) is 2.64. The largest absolute Gasteiger partial charge is 0.449 e. The second-order valence-electron chi connectivity index (χ2n) is 5.78. The van der Waals surface area contributed by atoms with E-state index < -0.39 is 0 Å². The molecule has 0 aliphatic carbocycles. The van der Waals surface area contributed by atoms with Crippen molar-refractivity contribution in [1.82, 2.24) is 10.2 Å². The number of nitrogens with zero attached hydrogens (tertiary/aromatic N) is 1. The van der Waals surface area contributed by atoms with Crippen LogP contribution in [0.15, 0.2) is 16.6 Å². The molecule has 4 nitrogen and oxygen atoms in total. The molecule has 1 N–H and O–H groups in total. The maximum atomic E-state index is 14.4. The molecule has 0 aromatic heterocycles. The number of carbonyl (C=O) groups excluding carboxylic acids is 1. The molecule has 1 aromatic rings. The van der Waals surface area contributed by atoms with Gasteiger partial charge in [0, 0.05) is 29.7 Å². The number of rotatable bonds is 4. The molecule has 1 aliphatic rings. The van der Waals surface area contributed by atoms with E-state index in [9.17, 15) is 9.18 Å². The Kier molecular flexibility index (Phi) is 6.68. The minimum absolute atomic E-state index is 0.0321. The predicted molar refractivity (Wildman–Crippen MR) is 92.3 cm³/mol. The van der Waals surface area contributed by atoms with Gasteiger partial charge in [0.25, 0.3) is 0 Å². The maximum absolute atomic E-state index is 14.4. The van der Waals surface area contributed by atoms with Crippen LogP contribution in [0.5, 0.6) is 0 Å². The van der Waals surface area contributed by atoms with Crippen LogP contribution >= 0.6 is 27.5 Å². The van der Waals surface area contributed by atoms with Crippen molar-refractivity contribution >= 4 is 33.6 Å². The van der Waals surface area contributed by atoms with E-state index in [0.717, 1.165) is 12.8 Å². The standard InChI is InChI=1S/C16H21BrClFN2O2/c1-3-4-5-23-16(22)21-8-10(2)20-14(9-21)12-6-11(18)7-13(17)15(12)19/h6-7,10,14,20H,3-5,8-9H2,1-2H3. The van der Waals surface area contributed by atoms with Crippen LogP contribution in [0.25, 0.3) is 0 Å². The number of unbranched alkanes of at least 4 members (excludes halogenated alkanes) is 1. The highest BCUT2D eigenvalue weighted by Crippen LogP contribution is 2.30. The lowest BCUT2D eigenvalue weighted by molar-refractivity contribution is 0.0813. The number of halogens is 3. The Balaban J connectivity index is 2.13. The summed E-state index contributed by atoms with van der Waals surface area (Å²) in [5, 5.41) is 3.76. The SMILES string of the molecule is CCCCOC(=O)N1CC(C)NC(c2cc(Cl)cc(Br)c2F)C1. The van der Waals surface area contributed by atoms with Crippen molar-refractivity contribution in [2.45, 2.75) is 38.8 Å². The van der Waals surface area contributed by atoms with Crippen LogP contribution in [-0.4, -0.2) is 36.7 Å². The molecule has 2 rings (SSSR count). The second kappa shape index (κ2) is 8.31. The number of piperazine rings is 1. The third-order valence-corrected chi connectivity index (χ3v) is 4.56. The fourth-order valence-corrected chi connectivity index (χ4v) is 3.47. The first kappa shape index (κ1) is 18.5. The van der Waals surface area contributed by atoms with Gasteiger partial charge in [-0.15, -0.1) is 0 Å². The van der Waals surface area contributed by atoms with Crippen molar-refractivity contribution in [3.05, 3.63) is 33.0 Å². The highest BCUT2D eigenvalue weighted by Gasteiger charge is 2.31. The van der Waals surface area contributed by atoms with E-state index in [0.29, 0.717) is 34.8 Å². The first-order valence-electron chi connectivity index (χ1n) is 7.74. The molecular weight excluding hydrogens is 387 g/mol. The third kappa shape index (κ3) is 4.81. The normalized spacial score (nSPS) is 21.3. The lowest BCUT2D eigenvalue weighted by atomic mass is 10.0. The van der Waals surface area contributed by atoms with Gasteiger partial charge in [0.2, 0.25) is 0 Å². The van der Waals surface area contributed by atoms with Crippen molar-refractivity contribution in [2.75, 3.05) is 19.7 Å². The maximum Gasteiger partial charge on any atom is 0.409 e. The van der Waals surface area contributed by atoms with Crippen LogP contribution in [0, 0.1) is 5.82 Å². The Bertz CT molecular complexity index is 573. The fraction of sp³-hybridized carbons (Fsp3) is 0.562. The zero-order valence-corrected chi connectivity index (χ0v) is 15.6. The molecule has 0 bridgehead atoms. The summed E-state index contributed by atoms with van der Waals surface area (Å²) in [6.07, 6.45) is 1.46. The molecule has 1 heterocycles. The second-order valence-corrected chi connectivity index (χ2v) is 7.07. The van der Waals surface area contributed by atoms with Gasteiger partial charge in [-0.3, -0.25) is 0 Å². The van der Waals surface area contributed by atoms with Crippen molar-refractivity contribution in [2.24, 2.45) is 0 Å². The smallest absolute Gasteiger partial charge is 0.409 e. The molecule has 0 spiro atoms. The Hall–Kier alpha value is -0.850. The van der Waals surface area contributed by atoms with Crippen molar-refractivity contribution < 1.29 is 13.9 Å². The topological polar surface area (TPSA) is 41.6 Å². The van der Waals surface area contributed by atoms with Crippen LogP contribution in [0.3, 0.4) is 0 Å². The molecule has 1 aliphatic heterocycles. The van der Waals surface area contributed by atoms with Gasteiger partial charge in [-0.25, -0.2) is 9.18 Å². The number of hydrogen-bond acceptors (Lipinski definition) is 3. The number of benzene rings is 1. The van der Waals surface area contributed by atoms with Gasteiger partial charge in [0.05, 0.1) is 17.1 Å². The van der Waals surface area contributed by atoms with Crippen LogP contribution < -0.4 is 5.32 Å². The third-order valence-electron chi connectivity index (χ3n) is 3.76. The summed E-state index contributed by atoms with van der Waals surface area (Å²) in [5.41, 5.74) is 0.447. The van der Waals surface area contributed by atoms with E-state index >= 15 is 0 Å². The van der Waals surface area contributed by atoms with E-state index in [2.05, 4.69) is 21.2 Å². The minimum Gasteiger partial charge on any atom is -0.449 e. The highest BCUT2D eigenvalue weighted by atomic mass is 79.9.